The topological polar surface area (TPSA) is 133 Å². The number of hydrogen-bond acceptors (Lipinski definition) is 7. The molecule has 9 nitrogen and oxygen atoms in total. The summed E-state index contributed by atoms with van der Waals surface area (Å²) in [6.45, 7) is 5.50. The Hall–Kier alpha value is -2.45. The van der Waals surface area contributed by atoms with Crippen LogP contribution in [0.25, 0.3) is 5.82 Å². The first-order valence-electron chi connectivity index (χ1n) is 5.10. The Morgan fingerprint density at radius 1 is 1.39 bits per heavy atom. The van der Waals surface area contributed by atoms with Crippen LogP contribution < -0.4 is 5.73 Å². The third-order valence-electron chi connectivity index (χ3n) is 2.28. The Balaban J connectivity index is 2.70. The molecule has 0 saturated heterocycles. The van der Waals surface area contributed by atoms with E-state index in [2.05, 4.69) is 25.3 Å². The number of aromatic carboxylic acids is 1. The Morgan fingerprint density at radius 3 is 2.50 bits per heavy atom. The zero-order valence-electron chi connectivity index (χ0n) is 10.1. The van der Waals surface area contributed by atoms with E-state index in [4.69, 9.17) is 10.8 Å². The quantitative estimate of drug-likeness (QED) is 0.775. The number of carboxylic acids is 1. The van der Waals surface area contributed by atoms with E-state index in [0.717, 1.165) is 0 Å². The summed E-state index contributed by atoms with van der Waals surface area (Å²) in [6, 6.07) is 0. The van der Waals surface area contributed by atoms with Crippen molar-refractivity contribution in [3.8, 4) is 5.82 Å². The van der Waals surface area contributed by atoms with Crippen molar-refractivity contribution in [3.05, 3.63) is 11.4 Å². The molecule has 0 fully saturated rings. The van der Waals surface area contributed by atoms with Gasteiger partial charge in [0.1, 0.15) is 0 Å². The fraction of sp³-hybridized carbons (Fsp3) is 0.444. The summed E-state index contributed by atoms with van der Waals surface area (Å²) in [7, 11) is 0. The highest BCUT2D eigenvalue weighted by atomic mass is 16.6. The summed E-state index contributed by atoms with van der Waals surface area (Å²) in [4.78, 5) is 11.1. The van der Waals surface area contributed by atoms with Crippen LogP contribution in [0, 0.1) is 0 Å². The molecule has 0 atom stereocenters. The van der Waals surface area contributed by atoms with Gasteiger partial charge in [-0.05, 0) is 10.3 Å². The van der Waals surface area contributed by atoms with E-state index in [-0.39, 0.29) is 17.3 Å². The third-order valence-corrected chi connectivity index (χ3v) is 2.28. The van der Waals surface area contributed by atoms with Crippen molar-refractivity contribution in [1.82, 2.24) is 25.3 Å². The number of rotatable bonds is 2. The molecule has 0 bridgehead atoms. The molecular weight excluding hydrogens is 240 g/mol. The maximum absolute atomic E-state index is 11.1. The summed E-state index contributed by atoms with van der Waals surface area (Å²) < 4.78 is 5.71. The lowest BCUT2D eigenvalue weighted by Gasteiger charge is -2.18. The van der Waals surface area contributed by atoms with Crippen LogP contribution in [0.4, 0.5) is 5.82 Å². The van der Waals surface area contributed by atoms with E-state index in [0.29, 0.717) is 5.69 Å². The molecule has 2 rings (SSSR count). The van der Waals surface area contributed by atoms with Gasteiger partial charge in [0.15, 0.2) is 5.69 Å². The molecule has 0 saturated carbocycles. The Labute approximate surface area is 102 Å². The largest absolute Gasteiger partial charge is 0.476 e. The molecule has 0 spiro atoms. The van der Waals surface area contributed by atoms with Crippen molar-refractivity contribution in [2.45, 2.75) is 26.2 Å². The van der Waals surface area contributed by atoms with E-state index < -0.39 is 11.4 Å². The number of nitrogen functional groups attached to an aromatic ring is 1. The molecule has 96 valence electrons. The lowest BCUT2D eigenvalue weighted by molar-refractivity contribution is 0.0687. The second-order valence-corrected chi connectivity index (χ2v) is 4.73. The van der Waals surface area contributed by atoms with E-state index in [1.165, 1.54) is 4.68 Å². The number of anilines is 1. The number of nitrogens with two attached hydrogens (primary N) is 1. The van der Waals surface area contributed by atoms with Crippen LogP contribution in [0.2, 0.25) is 0 Å². The Bertz CT molecular complexity index is 594. The average molecular weight is 252 g/mol. The first-order chi connectivity index (χ1) is 8.32. The molecular formula is C9H12N6O3. The predicted octanol–water partition coefficient (Wildman–Crippen LogP) is 0.228. The molecule has 2 aromatic heterocycles. The van der Waals surface area contributed by atoms with Gasteiger partial charge in [0.05, 0.1) is 5.69 Å². The van der Waals surface area contributed by atoms with E-state index in [9.17, 15) is 4.79 Å². The summed E-state index contributed by atoms with van der Waals surface area (Å²) in [6.07, 6.45) is 0. The van der Waals surface area contributed by atoms with E-state index in [1.807, 2.05) is 20.8 Å². The second kappa shape index (κ2) is 3.79. The molecule has 0 radical (unpaired) electrons. The van der Waals surface area contributed by atoms with Crippen LogP contribution in [0.3, 0.4) is 0 Å². The van der Waals surface area contributed by atoms with E-state index in [1.54, 1.807) is 0 Å². The monoisotopic (exact) mass is 252 g/mol. The first-order valence-corrected chi connectivity index (χ1v) is 5.10. The number of nitrogens with zero attached hydrogens (tertiary/aromatic N) is 5. The van der Waals surface area contributed by atoms with Crippen LogP contribution >= 0.6 is 0 Å². The highest BCUT2D eigenvalue weighted by Crippen LogP contribution is 2.27. The minimum absolute atomic E-state index is 0.0161. The Kier molecular flexibility index (Phi) is 2.53. The van der Waals surface area contributed by atoms with Crippen LogP contribution in [-0.2, 0) is 5.41 Å². The van der Waals surface area contributed by atoms with Crippen LogP contribution in [0.5, 0.6) is 0 Å². The van der Waals surface area contributed by atoms with Crippen molar-refractivity contribution in [2.24, 2.45) is 0 Å². The van der Waals surface area contributed by atoms with Crippen LogP contribution in [0.1, 0.15) is 37.0 Å². The minimum Gasteiger partial charge on any atom is -0.476 e. The summed E-state index contributed by atoms with van der Waals surface area (Å²) in [5, 5.41) is 23.5. The second-order valence-electron chi connectivity index (χ2n) is 4.73. The molecule has 9 heteroatoms. The van der Waals surface area contributed by atoms with Crippen LogP contribution in [0.15, 0.2) is 4.63 Å². The van der Waals surface area contributed by atoms with Crippen LogP contribution in [-0.4, -0.2) is 36.4 Å². The maximum atomic E-state index is 11.1. The molecule has 2 aromatic rings. The normalized spacial score (nSPS) is 11.7. The fourth-order valence-corrected chi connectivity index (χ4v) is 1.58. The van der Waals surface area contributed by atoms with Gasteiger partial charge in [0, 0.05) is 5.41 Å². The average Bonchev–Trinajstić information content (AvgIpc) is 2.80. The number of hydrogen-bond donors (Lipinski definition) is 2. The summed E-state index contributed by atoms with van der Waals surface area (Å²) in [5.74, 6) is -1.02. The lowest BCUT2D eigenvalue weighted by atomic mass is 9.90. The highest BCUT2D eigenvalue weighted by molar-refractivity contribution is 5.87. The van der Waals surface area contributed by atoms with Crippen molar-refractivity contribution >= 4 is 11.8 Å². The summed E-state index contributed by atoms with van der Waals surface area (Å²) >= 11 is 0. The van der Waals surface area contributed by atoms with Crippen molar-refractivity contribution in [2.75, 3.05) is 5.73 Å². The van der Waals surface area contributed by atoms with Gasteiger partial charge < -0.3 is 10.8 Å². The summed E-state index contributed by atoms with van der Waals surface area (Å²) in [5.41, 5.74) is 5.28. The van der Waals surface area contributed by atoms with Gasteiger partial charge in [0.2, 0.25) is 11.6 Å². The third kappa shape index (κ3) is 1.79. The van der Waals surface area contributed by atoms with Gasteiger partial charge >= 0.3 is 5.97 Å². The number of carbonyl (C=O) groups is 1. The molecule has 0 aliphatic rings. The molecule has 0 aliphatic carbocycles. The molecule has 3 N–H and O–H groups in total. The van der Waals surface area contributed by atoms with Gasteiger partial charge in [-0.2, -0.15) is 4.68 Å². The van der Waals surface area contributed by atoms with E-state index >= 15 is 0 Å². The molecule has 0 aromatic carbocycles. The highest BCUT2D eigenvalue weighted by Gasteiger charge is 2.31. The van der Waals surface area contributed by atoms with Crippen molar-refractivity contribution in [3.63, 3.8) is 0 Å². The van der Waals surface area contributed by atoms with Gasteiger partial charge in [-0.15, -0.1) is 5.10 Å². The predicted molar refractivity (Wildman–Crippen MR) is 59.3 cm³/mol. The fourth-order valence-electron chi connectivity index (χ4n) is 1.58. The van der Waals surface area contributed by atoms with Crippen molar-refractivity contribution < 1.29 is 14.5 Å². The molecule has 0 unspecified atom stereocenters. The molecule has 18 heavy (non-hydrogen) atoms. The molecule has 2 heterocycles. The standard InChI is InChI=1S/C9H12N6O3/c1-9(2,3)5-4(8(16)17)11-14-15(5)7-6(10)12-18-13-7/h1-3H3,(H2,10,12)(H,16,17). The Morgan fingerprint density at radius 2 is 2.06 bits per heavy atom. The van der Waals surface area contributed by atoms with Gasteiger partial charge in [0.25, 0.3) is 0 Å². The first kappa shape index (κ1) is 12.0. The maximum Gasteiger partial charge on any atom is 0.358 e. The number of aromatic nitrogens is 5. The zero-order valence-corrected chi connectivity index (χ0v) is 10.1. The van der Waals surface area contributed by atoms with Gasteiger partial charge in [-0.3, -0.25) is 0 Å². The molecule has 0 amide bonds. The van der Waals surface area contributed by atoms with Crippen molar-refractivity contribution in [1.29, 1.82) is 0 Å². The smallest absolute Gasteiger partial charge is 0.358 e. The lowest BCUT2D eigenvalue weighted by Crippen LogP contribution is -2.21. The van der Waals surface area contributed by atoms with Gasteiger partial charge in [-0.25, -0.2) is 9.42 Å². The van der Waals surface area contributed by atoms with Gasteiger partial charge in [-0.1, -0.05) is 26.0 Å². The molecule has 0 aliphatic heterocycles. The minimum atomic E-state index is -1.17. The zero-order chi connectivity index (χ0) is 13.5. The number of carboxylic acid groups (broad SMARTS) is 1. The SMILES string of the molecule is CC(C)(C)c1c(C(=O)O)nnn1-c1nonc1N.